The van der Waals surface area contributed by atoms with Gasteiger partial charge in [-0.05, 0) is 44.0 Å². The Bertz CT molecular complexity index is 493. The first-order valence-corrected chi connectivity index (χ1v) is 7.99. The number of para-hydroxylation sites is 2. The monoisotopic (exact) mass is 280 g/mol. The lowest BCUT2D eigenvalue weighted by molar-refractivity contribution is 0.176. The van der Waals surface area contributed by atoms with Crippen LogP contribution in [0.25, 0.3) is 0 Å². The van der Waals surface area contributed by atoms with Crippen molar-refractivity contribution in [3.8, 4) is 0 Å². The molecule has 0 aromatic heterocycles. The lowest BCUT2D eigenvalue weighted by atomic mass is 10.1. The van der Waals surface area contributed by atoms with E-state index in [0.717, 1.165) is 0 Å². The van der Waals surface area contributed by atoms with Crippen molar-refractivity contribution in [2.75, 3.05) is 18.0 Å². The molecule has 1 atom stereocenters. The Labute approximate surface area is 128 Å². The number of hydrogen-bond donors (Lipinski definition) is 0. The van der Waals surface area contributed by atoms with Crippen LogP contribution >= 0.6 is 0 Å². The van der Waals surface area contributed by atoms with Gasteiger partial charge >= 0.3 is 0 Å². The summed E-state index contributed by atoms with van der Waals surface area (Å²) in [5.74, 6) is 0. The van der Waals surface area contributed by atoms with Crippen molar-refractivity contribution in [2.45, 2.75) is 32.4 Å². The van der Waals surface area contributed by atoms with Gasteiger partial charge < -0.3 is 4.90 Å². The summed E-state index contributed by atoms with van der Waals surface area (Å²) in [5, 5.41) is 0. The lowest BCUT2D eigenvalue weighted by Gasteiger charge is -2.40. The highest BCUT2D eigenvalue weighted by molar-refractivity contribution is 5.63. The standard InChI is InChI=1S/C19H24N2/c1-17(20-15-9-4-10-16-20)21(18-11-5-2-6-12-18)19-13-7-3-8-14-19/h2-3,5-8,11-14,17H,4,9-10,15-16H2,1H3. The molecular formula is C19H24N2. The summed E-state index contributed by atoms with van der Waals surface area (Å²) in [5.41, 5.74) is 2.53. The van der Waals surface area contributed by atoms with Crippen molar-refractivity contribution in [3.05, 3.63) is 60.7 Å². The Hall–Kier alpha value is -1.80. The molecule has 0 amide bonds. The van der Waals surface area contributed by atoms with E-state index in [1.54, 1.807) is 0 Å². The minimum atomic E-state index is 0.384. The third-order valence-corrected chi connectivity index (χ3v) is 4.36. The second-order valence-electron chi connectivity index (χ2n) is 5.77. The van der Waals surface area contributed by atoms with Crippen LogP contribution in [0.2, 0.25) is 0 Å². The van der Waals surface area contributed by atoms with Gasteiger partial charge in [-0.2, -0.15) is 0 Å². The molecule has 2 nitrogen and oxygen atoms in total. The molecule has 0 N–H and O–H groups in total. The van der Waals surface area contributed by atoms with Crippen LogP contribution in [-0.4, -0.2) is 24.2 Å². The molecular weight excluding hydrogens is 256 g/mol. The van der Waals surface area contributed by atoms with Crippen molar-refractivity contribution >= 4 is 11.4 Å². The molecule has 2 heteroatoms. The molecule has 0 saturated carbocycles. The summed E-state index contributed by atoms with van der Waals surface area (Å²) >= 11 is 0. The maximum absolute atomic E-state index is 2.60. The summed E-state index contributed by atoms with van der Waals surface area (Å²) in [6.45, 7) is 4.74. The highest BCUT2D eigenvalue weighted by Crippen LogP contribution is 2.29. The fraction of sp³-hybridized carbons (Fsp3) is 0.368. The van der Waals surface area contributed by atoms with E-state index >= 15 is 0 Å². The molecule has 1 aliphatic heterocycles. The number of anilines is 2. The van der Waals surface area contributed by atoms with Crippen LogP contribution in [0.1, 0.15) is 26.2 Å². The van der Waals surface area contributed by atoms with E-state index in [2.05, 4.69) is 77.4 Å². The van der Waals surface area contributed by atoms with E-state index in [-0.39, 0.29) is 0 Å². The van der Waals surface area contributed by atoms with Gasteiger partial charge in [-0.15, -0.1) is 0 Å². The van der Waals surface area contributed by atoms with Gasteiger partial charge in [0.05, 0.1) is 6.17 Å². The summed E-state index contributed by atoms with van der Waals surface area (Å²) in [6.07, 6.45) is 4.40. The number of piperidine rings is 1. The number of benzene rings is 2. The minimum absolute atomic E-state index is 0.384. The highest BCUT2D eigenvalue weighted by Gasteiger charge is 2.23. The number of likely N-dealkylation sites (tertiary alicyclic amines) is 1. The average Bonchev–Trinajstić information content (AvgIpc) is 2.58. The smallest absolute Gasteiger partial charge is 0.0841 e. The Morgan fingerprint density at radius 3 is 1.71 bits per heavy atom. The number of hydrogen-bond acceptors (Lipinski definition) is 2. The van der Waals surface area contributed by atoms with Crippen molar-refractivity contribution < 1.29 is 0 Å². The summed E-state index contributed by atoms with van der Waals surface area (Å²) in [6, 6.07) is 21.4. The van der Waals surface area contributed by atoms with Gasteiger partial charge in [-0.3, -0.25) is 4.90 Å². The molecule has 2 aromatic rings. The number of nitrogens with zero attached hydrogens (tertiary/aromatic N) is 2. The average molecular weight is 280 g/mol. The van der Waals surface area contributed by atoms with E-state index in [1.807, 2.05) is 0 Å². The van der Waals surface area contributed by atoms with Crippen molar-refractivity contribution in [2.24, 2.45) is 0 Å². The molecule has 2 aromatic carbocycles. The summed E-state index contributed by atoms with van der Waals surface area (Å²) < 4.78 is 0. The Morgan fingerprint density at radius 2 is 1.24 bits per heavy atom. The molecule has 0 aliphatic carbocycles. The Kier molecular flexibility index (Phi) is 4.56. The maximum atomic E-state index is 2.60. The van der Waals surface area contributed by atoms with Gasteiger partial charge in [0, 0.05) is 24.5 Å². The Morgan fingerprint density at radius 1 is 0.762 bits per heavy atom. The second kappa shape index (κ2) is 6.77. The molecule has 1 heterocycles. The SMILES string of the molecule is CC(N1CCCCC1)N(c1ccccc1)c1ccccc1. The van der Waals surface area contributed by atoms with Crippen molar-refractivity contribution in [1.29, 1.82) is 0 Å². The first-order chi connectivity index (χ1) is 10.4. The first kappa shape index (κ1) is 14.2. The molecule has 0 spiro atoms. The minimum Gasteiger partial charge on any atom is -0.326 e. The predicted molar refractivity (Wildman–Crippen MR) is 89.9 cm³/mol. The lowest BCUT2D eigenvalue weighted by Crippen LogP contribution is -2.46. The van der Waals surface area contributed by atoms with Crippen LogP contribution in [-0.2, 0) is 0 Å². The topological polar surface area (TPSA) is 6.48 Å². The fourth-order valence-corrected chi connectivity index (χ4v) is 3.21. The van der Waals surface area contributed by atoms with E-state index in [0.29, 0.717) is 6.17 Å². The Balaban J connectivity index is 1.92. The largest absolute Gasteiger partial charge is 0.326 e. The van der Waals surface area contributed by atoms with Gasteiger partial charge in [-0.1, -0.05) is 42.8 Å². The maximum Gasteiger partial charge on any atom is 0.0841 e. The van der Waals surface area contributed by atoms with Crippen molar-refractivity contribution in [1.82, 2.24) is 4.90 Å². The molecule has 1 saturated heterocycles. The zero-order valence-corrected chi connectivity index (χ0v) is 12.8. The van der Waals surface area contributed by atoms with Crippen LogP contribution in [0.15, 0.2) is 60.7 Å². The van der Waals surface area contributed by atoms with Gasteiger partial charge in [0.2, 0.25) is 0 Å². The third kappa shape index (κ3) is 3.27. The van der Waals surface area contributed by atoms with E-state index in [1.165, 1.54) is 43.7 Å². The van der Waals surface area contributed by atoms with Gasteiger partial charge in [-0.25, -0.2) is 0 Å². The summed E-state index contributed by atoms with van der Waals surface area (Å²) in [4.78, 5) is 5.05. The van der Waals surface area contributed by atoms with E-state index < -0.39 is 0 Å². The van der Waals surface area contributed by atoms with E-state index in [4.69, 9.17) is 0 Å². The van der Waals surface area contributed by atoms with E-state index in [9.17, 15) is 0 Å². The quantitative estimate of drug-likeness (QED) is 0.804. The van der Waals surface area contributed by atoms with Crippen LogP contribution in [0.3, 0.4) is 0 Å². The molecule has 110 valence electrons. The summed E-state index contributed by atoms with van der Waals surface area (Å²) in [7, 11) is 0. The van der Waals surface area contributed by atoms with Crippen LogP contribution < -0.4 is 4.90 Å². The van der Waals surface area contributed by atoms with Crippen LogP contribution in [0, 0.1) is 0 Å². The molecule has 21 heavy (non-hydrogen) atoms. The number of rotatable bonds is 4. The van der Waals surface area contributed by atoms with Crippen LogP contribution in [0.4, 0.5) is 11.4 Å². The predicted octanol–water partition coefficient (Wildman–Crippen LogP) is 4.66. The highest BCUT2D eigenvalue weighted by atomic mass is 15.4. The molecule has 0 radical (unpaired) electrons. The molecule has 1 unspecified atom stereocenters. The molecule has 3 rings (SSSR count). The third-order valence-electron chi connectivity index (χ3n) is 4.36. The van der Waals surface area contributed by atoms with Crippen molar-refractivity contribution in [3.63, 3.8) is 0 Å². The molecule has 1 fully saturated rings. The first-order valence-electron chi connectivity index (χ1n) is 7.99. The fourth-order valence-electron chi connectivity index (χ4n) is 3.21. The van der Waals surface area contributed by atoms with Crippen LogP contribution in [0.5, 0.6) is 0 Å². The molecule has 0 bridgehead atoms. The molecule has 1 aliphatic rings. The zero-order chi connectivity index (χ0) is 14.5. The van der Waals surface area contributed by atoms with Gasteiger partial charge in [0.15, 0.2) is 0 Å². The second-order valence-corrected chi connectivity index (χ2v) is 5.77. The van der Waals surface area contributed by atoms with Gasteiger partial charge in [0.1, 0.15) is 0 Å². The normalized spacial score (nSPS) is 17.4. The zero-order valence-electron chi connectivity index (χ0n) is 12.8. The van der Waals surface area contributed by atoms with Gasteiger partial charge in [0.25, 0.3) is 0 Å².